The minimum atomic E-state index is -3.75. The molecule has 1 aromatic heterocycles. The van der Waals surface area contributed by atoms with Crippen LogP contribution in [0.25, 0.3) is 10.9 Å². The smallest absolute Gasteiger partial charge is 0.294 e. The fraction of sp³-hybridized carbons (Fsp3) is 0.385. The van der Waals surface area contributed by atoms with Crippen LogP contribution in [0, 0.1) is 16.0 Å². The first kappa shape index (κ1) is 26.3. The summed E-state index contributed by atoms with van der Waals surface area (Å²) in [6.07, 6.45) is 5.48. The van der Waals surface area contributed by atoms with Crippen LogP contribution in [0.1, 0.15) is 54.8 Å². The van der Waals surface area contributed by atoms with Crippen molar-refractivity contribution in [3.63, 3.8) is 0 Å². The van der Waals surface area contributed by atoms with Crippen molar-refractivity contribution in [1.29, 1.82) is 0 Å². The number of aromatic nitrogens is 1. The topological polar surface area (TPSA) is 138 Å². The van der Waals surface area contributed by atoms with Crippen LogP contribution >= 0.6 is 0 Å². The minimum Gasteiger partial charge on any atom is -0.487 e. The van der Waals surface area contributed by atoms with E-state index in [4.69, 9.17) is 4.74 Å². The van der Waals surface area contributed by atoms with Crippen molar-refractivity contribution in [2.75, 3.05) is 6.26 Å². The lowest BCUT2D eigenvalue weighted by atomic mass is 9.76. The molecule has 1 unspecified atom stereocenters. The van der Waals surface area contributed by atoms with Crippen molar-refractivity contribution in [2.45, 2.75) is 51.2 Å². The van der Waals surface area contributed by atoms with Gasteiger partial charge in [-0.25, -0.2) is 13.4 Å². The van der Waals surface area contributed by atoms with Gasteiger partial charge in [0.05, 0.1) is 23.4 Å². The summed E-state index contributed by atoms with van der Waals surface area (Å²) in [7, 11) is -3.75. The van der Waals surface area contributed by atoms with Gasteiger partial charge >= 0.3 is 0 Å². The lowest BCUT2D eigenvalue weighted by molar-refractivity contribution is -0.763. The van der Waals surface area contributed by atoms with Crippen LogP contribution in [0.4, 0.5) is 0 Å². The van der Waals surface area contributed by atoms with Gasteiger partial charge in [0.1, 0.15) is 19.0 Å². The van der Waals surface area contributed by atoms with Gasteiger partial charge in [-0.15, -0.1) is 10.1 Å². The Balaban J connectivity index is 1.62. The number of nitrogens with one attached hydrogen (secondary N) is 1. The number of sulfonamides is 1. The van der Waals surface area contributed by atoms with Crippen molar-refractivity contribution in [3.8, 4) is 5.75 Å². The molecule has 3 aromatic rings. The molecule has 0 radical (unpaired) electrons. The van der Waals surface area contributed by atoms with Crippen LogP contribution in [0.5, 0.6) is 5.75 Å². The minimum absolute atomic E-state index is 0.0478. The normalized spacial score (nSPS) is 15.2. The summed E-state index contributed by atoms with van der Waals surface area (Å²) in [6, 6.07) is 16.5. The lowest BCUT2D eigenvalue weighted by Gasteiger charge is -2.30. The van der Waals surface area contributed by atoms with Gasteiger partial charge in [0.25, 0.3) is 5.09 Å². The maximum absolute atomic E-state index is 13.1. The molecule has 37 heavy (non-hydrogen) atoms. The van der Waals surface area contributed by atoms with Gasteiger partial charge in [-0.3, -0.25) is 9.52 Å². The van der Waals surface area contributed by atoms with Crippen LogP contribution in [-0.2, 0) is 32.9 Å². The first-order valence-corrected chi connectivity index (χ1v) is 14.0. The fourth-order valence-corrected chi connectivity index (χ4v) is 5.35. The molecule has 0 spiro atoms. The number of para-hydroxylation sites is 1. The van der Waals surface area contributed by atoms with Crippen LogP contribution in [-0.4, -0.2) is 30.7 Å². The maximum atomic E-state index is 13.1. The predicted octanol–water partition coefficient (Wildman–Crippen LogP) is 4.26. The lowest BCUT2D eigenvalue weighted by Crippen LogP contribution is -2.37. The van der Waals surface area contributed by atoms with Gasteiger partial charge in [-0.2, -0.15) is 0 Å². The number of carbonyl (C=O) groups is 1. The summed E-state index contributed by atoms with van der Waals surface area (Å²) >= 11 is 0. The van der Waals surface area contributed by atoms with Crippen LogP contribution < -0.4 is 9.46 Å². The third-order valence-corrected chi connectivity index (χ3v) is 7.06. The van der Waals surface area contributed by atoms with Crippen molar-refractivity contribution in [2.24, 2.45) is 5.92 Å². The molecule has 1 saturated carbocycles. The second-order valence-electron chi connectivity index (χ2n) is 9.26. The maximum Gasteiger partial charge on any atom is 0.294 e. The standard InChI is InChI=1S/C26H29N3O7S/c1-37(33,34)28-26(30)25(19-8-3-2-4-9-19)20-12-14-24(21(15-20)16-36-29(31)32)35-17-22-13-11-18-7-5-6-10-23(18)27-22/h5-7,10-15,19,25H,2-4,8-9,16-17H2,1H3,(H,28,30). The van der Waals surface area contributed by atoms with Crippen molar-refractivity contribution < 1.29 is 27.9 Å². The summed E-state index contributed by atoms with van der Waals surface area (Å²) in [6.45, 7) is -0.261. The van der Waals surface area contributed by atoms with Crippen LogP contribution in [0.2, 0.25) is 0 Å². The molecule has 0 saturated heterocycles. The Labute approximate surface area is 215 Å². The molecule has 0 bridgehead atoms. The molecule has 1 amide bonds. The number of nitrogens with zero attached hydrogens (tertiary/aromatic N) is 2. The SMILES string of the molecule is CS(=O)(=O)NC(=O)C(c1ccc(OCc2ccc3ccccc3n2)c(CO[N+](=O)[O-])c1)C1CCCCC1. The highest BCUT2D eigenvalue weighted by molar-refractivity contribution is 7.89. The molecule has 1 fully saturated rings. The van der Waals surface area contributed by atoms with Crippen LogP contribution in [0.3, 0.4) is 0 Å². The number of amides is 1. The van der Waals surface area contributed by atoms with Crippen molar-refractivity contribution >= 4 is 26.8 Å². The fourth-order valence-electron chi connectivity index (χ4n) is 4.86. The Morgan fingerprint density at radius 2 is 1.86 bits per heavy atom. The van der Waals surface area contributed by atoms with E-state index in [1.165, 1.54) is 0 Å². The Morgan fingerprint density at radius 3 is 2.59 bits per heavy atom. The molecule has 1 N–H and O–H groups in total. The summed E-state index contributed by atoms with van der Waals surface area (Å²) < 4.78 is 31.7. The zero-order chi connectivity index (χ0) is 26.4. The second kappa shape index (κ2) is 11.5. The Morgan fingerprint density at radius 1 is 1.11 bits per heavy atom. The molecule has 11 heteroatoms. The zero-order valence-electron chi connectivity index (χ0n) is 20.5. The molecule has 1 aliphatic rings. The molecular weight excluding hydrogens is 498 g/mol. The molecule has 4 rings (SSSR count). The first-order valence-electron chi connectivity index (χ1n) is 12.1. The van der Waals surface area contributed by atoms with E-state index in [2.05, 4.69) is 14.5 Å². The number of hydrogen-bond acceptors (Lipinski definition) is 8. The van der Waals surface area contributed by atoms with Gasteiger partial charge in [-0.05, 0) is 48.6 Å². The van der Waals surface area contributed by atoms with E-state index in [-0.39, 0.29) is 19.1 Å². The highest BCUT2D eigenvalue weighted by Crippen LogP contribution is 2.38. The summed E-state index contributed by atoms with van der Waals surface area (Å²) in [5.74, 6) is -1.02. The molecule has 0 aliphatic heterocycles. The van der Waals surface area contributed by atoms with E-state index < -0.39 is 26.9 Å². The highest BCUT2D eigenvalue weighted by atomic mass is 32.2. The average Bonchev–Trinajstić information content (AvgIpc) is 2.86. The summed E-state index contributed by atoms with van der Waals surface area (Å²) in [5, 5.41) is 11.0. The molecule has 1 aliphatic carbocycles. The zero-order valence-corrected chi connectivity index (χ0v) is 21.3. The number of rotatable bonds is 10. The molecule has 10 nitrogen and oxygen atoms in total. The largest absolute Gasteiger partial charge is 0.487 e. The monoisotopic (exact) mass is 527 g/mol. The second-order valence-corrected chi connectivity index (χ2v) is 11.0. The van der Waals surface area contributed by atoms with Crippen molar-refractivity contribution in [1.82, 2.24) is 9.71 Å². The number of ether oxygens (including phenoxy) is 1. The summed E-state index contributed by atoms with van der Waals surface area (Å²) in [4.78, 5) is 33.2. The number of pyridine rings is 1. The molecule has 2 aromatic carbocycles. The third-order valence-electron chi connectivity index (χ3n) is 6.49. The highest BCUT2D eigenvalue weighted by Gasteiger charge is 2.33. The Bertz CT molecular complexity index is 1390. The van der Waals surface area contributed by atoms with Crippen molar-refractivity contribution in [3.05, 3.63) is 81.5 Å². The van der Waals surface area contributed by atoms with Gasteiger partial charge in [-0.1, -0.05) is 49.6 Å². The number of carbonyl (C=O) groups excluding carboxylic acids is 1. The van der Waals surface area contributed by atoms with Gasteiger partial charge in [0, 0.05) is 10.9 Å². The van der Waals surface area contributed by atoms with Crippen LogP contribution in [0.15, 0.2) is 54.6 Å². The predicted molar refractivity (Wildman–Crippen MR) is 137 cm³/mol. The van der Waals surface area contributed by atoms with Gasteiger partial charge in [0.15, 0.2) is 0 Å². The van der Waals surface area contributed by atoms with E-state index in [0.29, 0.717) is 22.6 Å². The molecule has 1 heterocycles. The van der Waals surface area contributed by atoms with E-state index >= 15 is 0 Å². The number of benzene rings is 2. The number of fused-ring (bicyclic) bond motifs is 1. The third kappa shape index (κ3) is 7.16. The first-order chi connectivity index (χ1) is 17.7. The summed E-state index contributed by atoms with van der Waals surface area (Å²) in [5.41, 5.74) is 2.44. The Hall–Kier alpha value is -3.73. The van der Waals surface area contributed by atoms with Gasteiger partial charge < -0.3 is 9.57 Å². The number of hydrogen-bond donors (Lipinski definition) is 1. The Kier molecular flexibility index (Phi) is 8.22. The van der Waals surface area contributed by atoms with E-state index in [0.717, 1.165) is 49.3 Å². The quantitative estimate of drug-likeness (QED) is 0.305. The average molecular weight is 528 g/mol. The molecular formula is C26H29N3O7S. The van der Waals surface area contributed by atoms with E-state index in [9.17, 15) is 23.3 Å². The molecule has 196 valence electrons. The van der Waals surface area contributed by atoms with E-state index in [1.54, 1.807) is 18.2 Å². The molecule has 1 atom stereocenters. The van der Waals surface area contributed by atoms with Gasteiger partial charge in [0.2, 0.25) is 15.9 Å². The van der Waals surface area contributed by atoms with E-state index in [1.807, 2.05) is 36.4 Å².